The number of hydrogen-bond acceptors (Lipinski definition) is 4. The van der Waals surface area contributed by atoms with Gasteiger partial charge in [0.05, 0.1) is 6.10 Å². The lowest BCUT2D eigenvalue weighted by molar-refractivity contribution is -0.132. The number of nitrogens with zero attached hydrogens (tertiary/aromatic N) is 1. The van der Waals surface area contributed by atoms with Crippen molar-refractivity contribution in [3.63, 3.8) is 0 Å². The Kier molecular flexibility index (Phi) is 4.49. The first-order valence-electron chi connectivity index (χ1n) is 5.62. The Hall–Kier alpha value is -1.83. The predicted octanol–water partition coefficient (Wildman–Crippen LogP) is -1.52. The number of nitrogens with two attached hydrogens (primary N) is 1. The van der Waals surface area contributed by atoms with E-state index in [0.717, 1.165) is 4.90 Å². The molecular weight excluding hydrogens is 242 g/mol. The van der Waals surface area contributed by atoms with Gasteiger partial charge in [-0.2, -0.15) is 0 Å². The Labute approximate surface area is 104 Å². The molecule has 102 valence electrons. The molecular formula is C10H17N3O5. The van der Waals surface area contributed by atoms with Crippen LogP contribution in [0.4, 0.5) is 4.79 Å². The van der Waals surface area contributed by atoms with Crippen LogP contribution in [0.25, 0.3) is 0 Å². The Morgan fingerprint density at radius 1 is 1.44 bits per heavy atom. The summed E-state index contributed by atoms with van der Waals surface area (Å²) in [5, 5.41) is 20.5. The van der Waals surface area contributed by atoms with Crippen molar-refractivity contribution in [2.45, 2.75) is 38.0 Å². The Morgan fingerprint density at radius 2 is 2.06 bits per heavy atom. The van der Waals surface area contributed by atoms with Crippen LogP contribution in [-0.2, 0) is 9.59 Å². The first kappa shape index (κ1) is 14.2. The molecule has 0 spiro atoms. The fourth-order valence-electron chi connectivity index (χ4n) is 1.95. The normalized spacial score (nSPS) is 22.3. The Morgan fingerprint density at radius 3 is 2.50 bits per heavy atom. The number of rotatable bonds is 4. The summed E-state index contributed by atoms with van der Waals surface area (Å²) in [6.07, 6.45) is -1.34. The standard InChI is InChI=1S/C10H17N3O5/c1-5(14)7(8(11)15)12-9(16)6-3-2-4-13(6)10(17)18/h5-7,14H,2-4H2,1H3,(H2,11,15)(H,12,16)(H,17,18)/t5-,6?,7+/m1/s1. The SMILES string of the molecule is C[C@@H](O)[C@H](NC(=O)C1CCCN1C(=O)O)C(N)=O. The van der Waals surface area contributed by atoms with Crippen molar-refractivity contribution in [2.75, 3.05) is 6.54 Å². The summed E-state index contributed by atoms with van der Waals surface area (Å²) >= 11 is 0. The first-order chi connectivity index (χ1) is 8.34. The number of aliphatic hydroxyl groups excluding tert-OH is 1. The average molecular weight is 259 g/mol. The van der Waals surface area contributed by atoms with Gasteiger partial charge >= 0.3 is 6.09 Å². The molecule has 1 aliphatic heterocycles. The van der Waals surface area contributed by atoms with Crippen molar-refractivity contribution < 1.29 is 24.6 Å². The van der Waals surface area contributed by atoms with Gasteiger partial charge in [0.15, 0.2) is 0 Å². The third kappa shape index (κ3) is 3.10. The number of nitrogens with one attached hydrogen (secondary N) is 1. The molecule has 0 aliphatic carbocycles. The lowest BCUT2D eigenvalue weighted by Gasteiger charge is -2.24. The summed E-state index contributed by atoms with van der Waals surface area (Å²) in [4.78, 5) is 34.8. The molecule has 0 bridgehead atoms. The number of amides is 3. The van der Waals surface area contributed by atoms with Gasteiger partial charge in [-0.05, 0) is 19.8 Å². The van der Waals surface area contributed by atoms with Crippen LogP contribution in [0.15, 0.2) is 0 Å². The second kappa shape index (κ2) is 5.67. The zero-order valence-electron chi connectivity index (χ0n) is 10.00. The number of carbonyl (C=O) groups excluding carboxylic acids is 2. The maximum atomic E-state index is 11.8. The van der Waals surface area contributed by atoms with E-state index in [0.29, 0.717) is 12.8 Å². The third-order valence-electron chi connectivity index (χ3n) is 2.89. The monoisotopic (exact) mass is 259 g/mol. The fraction of sp³-hybridized carbons (Fsp3) is 0.700. The molecule has 1 heterocycles. The molecule has 1 unspecified atom stereocenters. The van der Waals surface area contributed by atoms with Gasteiger partial charge in [0, 0.05) is 6.54 Å². The molecule has 3 atom stereocenters. The van der Waals surface area contributed by atoms with Gasteiger partial charge in [-0.1, -0.05) is 0 Å². The second-order valence-electron chi connectivity index (χ2n) is 4.26. The Balaban J connectivity index is 2.69. The summed E-state index contributed by atoms with van der Waals surface area (Å²) < 4.78 is 0. The molecule has 0 aromatic heterocycles. The minimum atomic E-state index is -1.21. The zero-order chi connectivity index (χ0) is 13.9. The van der Waals surface area contributed by atoms with Crippen LogP contribution >= 0.6 is 0 Å². The first-order valence-corrected chi connectivity index (χ1v) is 5.62. The van der Waals surface area contributed by atoms with E-state index in [1.807, 2.05) is 0 Å². The van der Waals surface area contributed by atoms with E-state index in [-0.39, 0.29) is 6.54 Å². The number of likely N-dealkylation sites (tertiary alicyclic amines) is 1. The average Bonchev–Trinajstić information content (AvgIpc) is 2.73. The van der Waals surface area contributed by atoms with Crippen LogP contribution in [0.3, 0.4) is 0 Å². The summed E-state index contributed by atoms with van der Waals surface area (Å²) in [6.45, 7) is 1.60. The number of aliphatic hydroxyl groups is 1. The van der Waals surface area contributed by atoms with Crippen molar-refractivity contribution in [3.8, 4) is 0 Å². The smallest absolute Gasteiger partial charge is 0.407 e. The summed E-state index contributed by atoms with van der Waals surface area (Å²) in [7, 11) is 0. The molecule has 0 aromatic rings. The number of hydrogen-bond donors (Lipinski definition) is 4. The predicted molar refractivity (Wildman–Crippen MR) is 60.6 cm³/mol. The van der Waals surface area contributed by atoms with Gasteiger partial charge < -0.3 is 21.3 Å². The van der Waals surface area contributed by atoms with Crippen LogP contribution in [0, 0.1) is 0 Å². The molecule has 0 saturated carbocycles. The van der Waals surface area contributed by atoms with Crippen LogP contribution in [-0.4, -0.2) is 57.8 Å². The quantitative estimate of drug-likeness (QED) is 0.486. The molecule has 0 aromatic carbocycles. The van der Waals surface area contributed by atoms with Crippen molar-refractivity contribution in [2.24, 2.45) is 5.73 Å². The van der Waals surface area contributed by atoms with Crippen LogP contribution in [0.5, 0.6) is 0 Å². The highest BCUT2D eigenvalue weighted by Gasteiger charge is 2.36. The second-order valence-corrected chi connectivity index (χ2v) is 4.26. The van der Waals surface area contributed by atoms with E-state index in [9.17, 15) is 19.5 Å². The zero-order valence-corrected chi connectivity index (χ0v) is 10.00. The van der Waals surface area contributed by atoms with Crippen molar-refractivity contribution in [1.29, 1.82) is 0 Å². The molecule has 18 heavy (non-hydrogen) atoms. The van der Waals surface area contributed by atoms with E-state index in [1.54, 1.807) is 0 Å². The Bertz CT molecular complexity index is 357. The summed E-state index contributed by atoms with van der Waals surface area (Å²) in [6, 6.07) is -2.04. The van der Waals surface area contributed by atoms with Gasteiger partial charge in [0.2, 0.25) is 11.8 Å². The molecule has 5 N–H and O–H groups in total. The topological polar surface area (TPSA) is 133 Å². The molecule has 3 amide bonds. The fourth-order valence-corrected chi connectivity index (χ4v) is 1.95. The van der Waals surface area contributed by atoms with Crippen LogP contribution in [0.1, 0.15) is 19.8 Å². The van der Waals surface area contributed by atoms with E-state index >= 15 is 0 Å². The van der Waals surface area contributed by atoms with Crippen molar-refractivity contribution in [3.05, 3.63) is 0 Å². The van der Waals surface area contributed by atoms with Crippen LogP contribution < -0.4 is 11.1 Å². The lowest BCUT2D eigenvalue weighted by atomic mass is 10.1. The van der Waals surface area contributed by atoms with E-state index < -0.39 is 36.1 Å². The molecule has 1 rings (SSSR count). The number of carboxylic acid groups (broad SMARTS) is 1. The summed E-state index contributed by atoms with van der Waals surface area (Å²) in [5.41, 5.74) is 5.04. The highest BCUT2D eigenvalue weighted by atomic mass is 16.4. The minimum Gasteiger partial charge on any atom is -0.465 e. The molecule has 1 saturated heterocycles. The van der Waals surface area contributed by atoms with Crippen LogP contribution in [0.2, 0.25) is 0 Å². The van der Waals surface area contributed by atoms with Crippen molar-refractivity contribution >= 4 is 17.9 Å². The maximum Gasteiger partial charge on any atom is 0.407 e. The number of primary amides is 1. The highest BCUT2D eigenvalue weighted by Crippen LogP contribution is 2.17. The molecule has 1 aliphatic rings. The highest BCUT2D eigenvalue weighted by molar-refractivity contribution is 5.91. The van der Waals surface area contributed by atoms with E-state index in [1.165, 1.54) is 6.92 Å². The van der Waals surface area contributed by atoms with Gasteiger partial charge in [-0.25, -0.2) is 4.79 Å². The van der Waals surface area contributed by atoms with Gasteiger partial charge in [-0.3, -0.25) is 14.5 Å². The molecule has 1 fully saturated rings. The maximum absolute atomic E-state index is 11.8. The van der Waals surface area contributed by atoms with Gasteiger partial charge in [-0.15, -0.1) is 0 Å². The number of carbonyl (C=O) groups is 3. The summed E-state index contributed by atoms with van der Waals surface area (Å²) in [5.74, 6) is -1.47. The third-order valence-corrected chi connectivity index (χ3v) is 2.89. The largest absolute Gasteiger partial charge is 0.465 e. The van der Waals surface area contributed by atoms with Gasteiger partial charge in [0.25, 0.3) is 0 Å². The van der Waals surface area contributed by atoms with Crippen molar-refractivity contribution in [1.82, 2.24) is 10.2 Å². The van der Waals surface area contributed by atoms with E-state index in [4.69, 9.17) is 10.8 Å². The molecule has 0 radical (unpaired) electrons. The van der Waals surface area contributed by atoms with Gasteiger partial charge in [0.1, 0.15) is 12.1 Å². The molecule has 8 nitrogen and oxygen atoms in total. The lowest BCUT2D eigenvalue weighted by Crippen LogP contribution is -2.55. The molecule has 8 heteroatoms. The van der Waals surface area contributed by atoms with E-state index in [2.05, 4.69) is 5.32 Å². The minimum absolute atomic E-state index is 0.281.